The van der Waals surface area contributed by atoms with Gasteiger partial charge in [-0.2, -0.15) is 15.1 Å². The van der Waals surface area contributed by atoms with Gasteiger partial charge in [0.05, 0.1) is 18.2 Å². The maximum absolute atomic E-state index is 9.10. The van der Waals surface area contributed by atoms with Gasteiger partial charge in [-0.1, -0.05) is 0 Å². The Hall–Kier alpha value is -1.89. The van der Waals surface area contributed by atoms with Crippen LogP contribution in [0.1, 0.15) is 13.8 Å². The van der Waals surface area contributed by atoms with E-state index in [0.717, 1.165) is 5.39 Å². The number of H-pyrrole nitrogens is 1. The van der Waals surface area contributed by atoms with Gasteiger partial charge in [0.15, 0.2) is 5.65 Å². The van der Waals surface area contributed by atoms with E-state index in [1.54, 1.807) is 6.20 Å². The van der Waals surface area contributed by atoms with Crippen molar-refractivity contribution in [3.05, 3.63) is 6.20 Å². The molecule has 0 amide bonds. The molecule has 0 unspecified atom stereocenters. The van der Waals surface area contributed by atoms with Crippen molar-refractivity contribution in [2.24, 2.45) is 0 Å². The van der Waals surface area contributed by atoms with Gasteiger partial charge in [0.25, 0.3) is 0 Å². The standard InChI is InChI=1S/C10H16N6O/c1-6(2)16(3-4-17)9-7-5-12-15-8(7)13-10(11)14-9/h5-6,17H,3-4H2,1-2H3,(H3,11,12,13,14,15). The second kappa shape index (κ2) is 4.54. The molecule has 0 bridgehead atoms. The molecule has 2 rings (SSSR count). The van der Waals surface area contributed by atoms with Crippen LogP contribution in [0.5, 0.6) is 0 Å². The average Bonchev–Trinajstić information content (AvgIpc) is 2.72. The largest absolute Gasteiger partial charge is 0.395 e. The maximum Gasteiger partial charge on any atom is 0.224 e. The number of rotatable bonds is 4. The van der Waals surface area contributed by atoms with E-state index in [-0.39, 0.29) is 18.6 Å². The van der Waals surface area contributed by atoms with Gasteiger partial charge in [-0.25, -0.2) is 0 Å². The topological polar surface area (TPSA) is 104 Å². The third kappa shape index (κ3) is 2.14. The number of nitrogens with zero attached hydrogens (tertiary/aromatic N) is 4. The lowest BCUT2D eigenvalue weighted by Crippen LogP contribution is -2.34. The number of nitrogens with one attached hydrogen (secondary N) is 1. The number of hydrogen-bond acceptors (Lipinski definition) is 6. The fourth-order valence-electron chi connectivity index (χ4n) is 1.77. The molecule has 0 spiro atoms. The molecule has 17 heavy (non-hydrogen) atoms. The average molecular weight is 236 g/mol. The summed E-state index contributed by atoms with van der Waals surface area (Å²) in [6.07, 6.45) is 1.66. The number of nitrogen functional groups attached to an aromatic ring is 1. The molecule has 0 aromatic carbocycles. The summed E-state index contributed by atoms with van der Waals surface area (Å²) in [6.45, 7) is 4.61. The summed E-state index contributed by atoms with van der Waals surface area (Å²) in [5.41, 5.74) is 6.27. The van der Waals surface area contributed by atoms with Crippen LogP contribution in [-0.4, -0.2) is 44.5 Å². The van der Waals surface area contributed by atoms with Crippen LogP contribution in [0.15, 0.2) is 6.20 Å². The summed E-state index contributed by atoms with van der Waals surface area (Å²) in [5.74, 6) is 0.894. The zero-order valence-electron chi connectivity index (χ0n) is 9.88. The normalized spacial score (nSPS) is 11.3. The zero-order valence-corrected chi connectivity index (χ0v) is 9.88. The number of aliphatic hydroxyl groups excluding tert-OH is 1. The fourth-order valence-corrected chi connectivity index (χ4v) is 1.77. The second-order valence-corrected chi connectivity index (χ2v) is 4.05. The van der Waals surface area contributed by atoms with E-state index < -0.39 is 0 Å². The highest BCUT2D eigenvalue weighted by molar-refractivity contribution is 5.87. The molecule has 2 heterocycles. The monoisotopic (exact) mass is 236 g/mol. The Labute approximate surface area is 98.7 Å². The lowest BCUT2D eigenvalue weighted by Gasteiger charge is -2.27. The molecule has 4 N–H and O–H groups in total. The molecule has 0 aliphatic carbocycles. The Kier molecular flexibility index (Phi) is 3.10. The van der Waals surface area contributed by atoms with Gasteiger partial charge < -0.3 is 15.7 Å². The molecule has 0 atom stereocenters. The lowest BCUT2D eigenvalue weighted by atomic mass is 10.2. The first-order valence-corrected chi connectivity index (χ1v) is 5.47. The molecule has 7 heteroatoms. The highest BCUT2D eigenvalue weighted by Gasteiger charge is 2.17. The van der Waals surface area contributed by atoms with Gasteiger partial charge in [-0.15, -0.1) is 0 Å². The van der Waals surface area contributed by atoms with Crippen molar-refractivity contribution in [1.82, 2.24) is 20.2 Å². The summed E-state index contributed by atoms with van der Waals surface area (Å²) in [7, 11) is 0. The smallest absolute Gasteiger partial charge is 0.224 e. The molecule has 0 radical (unpaired) electrons. The number of hydrogen-bond donors (Lipinski definition) is 3. The van der Waals surface area contributed by atoms with Crippen molar-refractivity contribution in [3.8, 4) is 0 Å². The number of nitrogens with two attached hydrogens (primary N) is 1. The number of anilines is 2. The molecule has 2 aromatic heterocycles. The highest BCUT2D eigenvalue weighted by atomic mass is 16.3. The molecule has 0 aliphatic rings. The van der Waals surface area contributed by atoms with E-state index in [2.05, 4.69) is 20.2 Å². The summed E-state index contributed by atoms with van der Waals surface area (Å²) in [5, 5.41) is 16.6. The van der Waals surface area contributed by atoms with Crippen LogP contribution in [0.25, 0.3) is 11.0 Å². The van der Waals surface area contributed by atoms with Crippen molar-refractivity contribution < 1.29 is 5.11 Å². The predicted octanol–water partition coefficient (Wildman–Crippen LogP) is 0.142. The third-order valence-corrected chi connectivity index (χ3v) is 2.54. The SMILES string of the molecule is CC(C)N(CCO)c1nc(N)nc2[nH]ncc12. The van der Waals surface area contributed by atoms with E-state index in [1.165, 1.54) is 0 Å². The number of aliphatic hydroxyl groups is 1. The highest BCUT2D eigenvalue weighted by Crippen LogP contribution is 2.24. The summed E-state index contributed by atoms with van der Waals surface area (Å²) in [4.78, 5) is 10.3. The van der Waals surface area contributed by atoms with Crippen molar-refractivity contribution in [2.45, 2.75) is 19.9 Å². The van der Waals surface area contributed by atoms with Crippen LogP contribution in [0.4, 0.5) is 11.8 Å². The minimum atomic E-state index is 0.0570. The Balaban J connectivity index is 2.54. The fraction of sp³-hybridized carbons (Fsp3) is 0.500. The summed E-state index contributed by atoms with van der Waals surface area (Å²) < 4.78 is 0. The van der Waals surface area contributed by atoms with Gasteiger partial charge in [0.2, 0.25) is 5.95 Å². The molecule has 0 aliphatic heterocycles. The Morgan fingerprint density at radius 2 is 2.24 bits per heavy atom. The first kappa shape index (κ1) is 11.6. The summed E-state index contributed by atoms with van der Waals surface area (Å²) in [6, 6.07) is 0.203. The van der Waals surface area contributed by atoms with E-state index in [1.807, 2.05) is 18.7 Å². The molecular weight excluding hydrogens is 220 g/mol. The van der Waals surface area contributed by atoms with Crippen LogP contribution in [0, 0.1) is 0 Å². The minimum Gasteiger partial charge on any atom is -0.395 e. The number of fused-ring (bicyclic) bond motifs is 1. The lowest BCUT2D eigenvalue weighted by molar-refractivity contribution is 0.299. The van der Waals surface area contributed by atoms with Gasteiger partial charge >= 0.3 is 0 Å². The molecule has 0 saturated heterocycles. The summed E-state index contributed by atoms with van der Waals surface area (Å²) >= 11 is 0. The Morgan fingerprint density at radius 1 is 1.47 bits per heavy atom. The van der Waals surface area contributed by atoms with Crippen LogP contribution < -0.4 is 10.6 Å². The number of aromatic amines is 1. The molecular formula is C10H16N6O. The van der Waals surface area contributed by atoms with Gasteiger partial charge in [0.1, 0.15) is 5.82 Å². The molecule has 92 valence electrons. The third-order valence-electron chi connectivity index (χ3n) is 2.54. The van der Waals surface area contributed by atoms with Gasteiger partial charge in [-0.3, -0.25) is 5.10 Å². The van der Waals surface area contributed by atoms with E-state index in [4.69, 9.17) is 10.8 Å². The van der Waals surface area contributed by atoms with Crippen molar-refractivity contribution in [2.75, 3.05) is 23.8 Å². The van der Waals surface area contributed by atoms with E-state index >= 15 is 0 Å². The minimum absolute atomic E-state index is 0.0570. The van der Waals surface area contributed by atoms with Gasteiger partial charge in [-0.05, 0) is 13.8 Å². The Morgan fingerprint density at radius 3 is 2.88 bits per heavy atom. The van der Waals surface area contributed by atoms with Crippen LogP contribution >= 0.6 is 0 Å². The second-order valence-electron chi connectivity index (χ2n) is 4.05. The molecule has 0 fully saturated rings. The molecule has 0 saturated carbocycles. The zero-order chi connectivity index (χ0) is 12.4. The first-order valence-electron chi connectivity index (χ1n) is 5.47. The first-order chi connectivity index (χ1) is 8.13. The molecule has 2 aromatic rings. The van der Waals surface area contributed by atoms with Crippen LogP contribution in [0.2, 0.25) is 0 Å². The van der Waals surface area contributed by atoms with Gasteiger partial charge in [0, 0.05) is 12.6 Å². The van der Waals surface area contributed by atoms with Crippen molar-refractivity contribution >= 4 is 22.8 Å². The van der Waals surface area contributed by atoms with Crippen molar-refractivity contribution in [3.63, 3.8) is 0 Å². The maximum atomic E-state index is 9.10. The molecule has 7 nitrogen and oxygen atoms in total. The van der Waals surface area contributed by atoms with Crippen molar-refractivity contribution in [1.29, 1.82) is 0 Å². The Bertz CT molecular complexity index is 508. The van der Waals surface area contributed by atoms with E-state index in [9.17, 15) is 0 Å². The van der Waals surface area contributed by atoms with Crippen LogP contribution in [-0.2, 0) is 0 Å². The van der Waals surface area contributed by atoms with Crippen LogP contribution in [0.3, 0.4) is 0 Å². The van der Waals surface area contributed by atoms with E-state index in [0.29, 0.717) is 18.0 Å². The number of aromatic nitrogens is 4. The quantitative estimate of drug-likeness (QED) is 0.697. The predicted molar refractivity (Wildman–Crippen MR) is 65.7 cm³/mol.